The minimum absolute atomic E-state index is 0.170. The fraction of sp³-hybridized carbons (Fsp3) is 0.462. The number of rotatable bonds is 2. The fourth-order valence-electron chi connectivity index (χ4n) is 2.70. The zero-order valence-electron chi connectivity index (χ0n) is 9.90. The Morgan fingerprint density at radius 2 is 1.89 bits per heavy atom. The van der Waals surface area contributed by atoms with Gasteiger partial charge in [0.1, 0.15) is 11.6 Å². The van der Waals surface area contributed by atoms with Gasteiger partial charge in [-0.05, 0) is 31.4 Å². The van der Waals surface area contributed by atoms with Crippen molar-refractivity contribution in [3.63, 3.8) is 0 Å². The maximum absolute atomic E-state index is 14.1. The van der Waals surface area contributed by atoms with Crippen LogP contribution < -0.4 is 0 Å². The van der Waals surface area contributed by atoms with Crippen molar-refractivity contribution in [1.82, 2.24) is 0 Å². The van der Waals surface area contributed by atoms with Crippen LogP contribution in [0.25, 0.3) is 0 Å². The second-order valence-corrected chi connectivity index (χ2v) is 5.18. The third kappa shape index (κ3) is 1.79. The van der Waals surface area contributed by atoms with Crippen molar-refractivity contribution < 1.29 is 18.7 Å². The van der Waals surface area contributed by atoms with Crippen LogP contribution in [0.3, 0.4) is 0 Å². The molecule has 98 valence electrons. The molecular weight excluding hydrogens is 262 g/mol. The lowest BCUT2D eigenvalue weighted by Gasteiger charge is -2.26. The molecule has 1 aromatic carbocycles. The van der Waals surface area contributed by atoms with Crippen molar-refractivity contribution >= 4 is 17.6 Å². The highest BCUT2D eigenvalue weighted by molar-refractivity contribution is 6.30. The molecule has 0 aliphatic heterocycles. The molecule has 1 aliphatic rings. The first-order valence-electron chi connectivity index (χ1n) is 5.78. The van der Waals surface area contributed by atoms with Crippen molar-refractivity contribution in [3.8, 4) is 0 Å². The van der Waals surface area contributed by atoms with Gasteiger partial charge in [-0.25, -0.2) is 8.78 Å². The lowest BCUT2D eigenvalue weighted by Crippen LogP contribution is -2.35. The summed E-state index contributed by atoms with van der Waals surface area (Å²) in [5.41, 5.74) is -1.68. The van der Waals surface area contributed by atoms with Crippen LogP contribution in [0.4, 0.5) is 8.78 Å². The summed E-state index contributed by atoms with van der Waals surface area (Å²) in [6.07, 6.45) is 1.79. The number of aliphatic carboxylic acids is 1. The van der Waals surface area contributed by atoms with Gasteiger partial charge >= 0.3 is 5.97 Å². The van der Waals surface area contributed by atoms with Crippen molar-refractivity contribution in [1.29, 1.82) is 0 Å². The van der Waals surface area contributed by atoms with E-state index >= 15 is 0 Å². The lowest BCUT2D eigenvalue weighted by molar-refractivity contribution is -0.143. The monoisotopic (exact) mass is 274 g/mol. The minimum atomic E-state index is -1.47. The molecule has 0 atom stereocenters. The third-order valence-corrected chi connectivity index (χ3v) is 3.96. The van der Waals surface area contributed by atoms with Crippen molar-refractivity contribution in [3.05, 3.63) is 33.9 Å². The number of hydrogen-bond acceptors (Lipinski definition) is 1. The number of carboxylic acid groups (broad SMARTS) is 1. The van der Waals surface area contributed by atoms with Crippen molar-refractivity contribution in [2.75, 3.05) is 0 Å². The Morgan fingerprint density at radius 1 is 1.33 bits per heavy atom. The zero-order chi connectivity index (χ0) is 13.5. The standard InChI is InChI=1S/C13H13ClF2O2/c1-7-6-8(14)11(16)9(10(7)15)13(12(17)18)4-2-3-5-13/h6H,2-5H2,1H3,(H,17,18). The van der Waals surface area contributed by atoms with E-state index < -0.39 is 23.0 Å². The van der Waals surface area contributed by atoms with Gasteiger partial charge in [-0.3, -0.25) is 4.79 Å². The first-order valence-corrected chi connectivity index (χ1v) is 6.16. The zero-order valence-corrected chi connectivity index (χ0v) is 10.7. The van der Waals surface area contributed by atoms with E-state index in [1.807, 2.05) is 0 Å². The summed E-state index contributed by atoms with van der Waals surface area (Å²) in [5.74, 6) is -2.91. The van der Waals surface area contributed by atoms with Crippen LogP contribution in [-0.2, 0) is 10.2 Å². The molecule has 0 amide bonds. The average Bonchev–Trinajstić information content (AvgIpc) is 2.77. The normalized spacial score (nSPS) is 18.0. The molecule has 1 saturated carbocycles. The average molecular weight is 275 g/mol. The van der Waals surface area contributed by atoms with Crippen LogP contribution in [0.15, 0.2) is 6.07 Å². The van der Waals surface area contributed by atoms with Gasteiger partial charge in [-0.1, -0.05) is 24.4 Å². The SMILES string of the molecule is Cc1cc(Cl)c(F)c(C2(C(=O)O)CCCC2)c1F. The molecule has 0 aromatic heterocycles. The molecule has 0 saturated heterocycles. The summed E-state index contributed by atoms with van der Waals surface area (Å²) in [6, 6.07) is 1.18. The maximum Gasteiger partial charge on any atom is 0.314 e. The Labute approximate surface area is 109 Å². The first kappa shape index (κ1) is 13.3. The number of aryl methyl sites for hydroxylation is 1. The van der Waals surface area contributed by atoms with Gasteiger partial charge in [0.2, 0.25) is 0 Å². The summed E-state index contributed by atoms with van der Waals surface area (Å²) in [4.78, 5) is 11.5. The molecule has 0 bridgehead atoms. The smallest absolute Gasteiger partial charge is 0.314 e. The topological polar surface area (TPSA) is 37.3 Å². The number of halogens is 3. The van der Waals surface area contributed by atoms with Crippen molar-refractivity contribution in [2.24, 2.45) is 0 Å². The van der Waals surface area contributed by atoms with Gasteiger partial charge in [-0.15, -0.1) is 0 Å². The maximum atomic E-state index is 14.1. The van der Waals surface area contributed by atoms with E-state index in [0.717, 1.165) is 0 Å². The Bertz CT molecular complexity index is 482. The molecule has 1 aromatic rings. The van der Waals surface area contributed by atoms with E-state index in [-0.39, 0.29) is 29.0 Å². The third-order valence-electron chi connectivity index (χ3n) is 3.68. The molecule has 2 rings (SSSR count). The van der Waals surface area contributed by atoms with Crippen LogP contribution >= 0.6 is 11.6 Å². The number of hydrogen-bond donors (Lipinski definition) is 1. The first-order chi connectivity index (χ1) is 8.40. The highest BCUT2D eigenvalue weighted by atomic mass is 35.5. The van der Waals surface area contributed by atoms with Gasteiger partial charge in [0, 0.05) is 5.56 Å². The number of carboxylic acids is 1. The Balaban J connectivity index is 2.73. The molecule has 5 heteroatoms. The molecule has 0 spiro atoms. The van der Waals surface area contributed by atoms with Crippen LogP contribution in [-0.4, -0.2) is 11.1 Å². The molecule has 0 radical (unpaired) electrons. The summed E-state index contributed by atoms with van der Waals surface area (Å²) < 4.78 is 28.2. The molecule has 0 heterocycles. The largest absolute Gasteiger partial charge is 0.481 e. The van der Waals surface area contributed by atoms with E-state index in [4.69, 9.17) is 11.6 Å². The van der Waals surface area contributed by atoms with E-state index in [1.165, 1.54) is 13.0 Å². The fourth-order valence-corrected chi connectivity index (χ4v) is 2.96. The number of benzene rings is 1. The predicted molar refractivity (Wildman–Crippen MR) is 63.9 cm³/mol. The Hall–Kier alpha value is -1.16. The lowest BCUT2D eigenvalue weighted by atomic mass is 9.77. The summed E-state index contributed by atoms with van der Waals surface area (Å²) in [6.45, 7) is 1.45. The molecule has 2 nitrogen and oxygen atoms in total. The quantitative estimate of drug-likeness (QED) is 0.833. The van der Waals surface area contributed by atoms with Gasteiger partial charge in [0.15, 0.2) is 0 Å². The minimum Gasteiger partial charge on any atom is -0.481 e. The van der Waals surface area contributed by atoms with Gasteiger partial charge in [0.25, 0.3) is 0 Å². The van der Waals surface area contributed by atoms with Gasteiger partial charge < -0.3 is 5.11 Å². The van der Waals surface area contributed by atoms with E-state index in [1.54, 1.807) is 0 Å². The molecular formula is C13H13ClF2O2. The second kappa shape index (κ2) is 4.50. The van der Waals surface area contributed by atoms with Crippen LogP contribution in [0.5, 0.6) is 0 Å². The van der Waals surface area contributed by atoms with Gasteiger partial charge in [0.05, 0.1) is 10.4 Å². The summed E-state index contributed by atoms with van der Waals surface area (Å²) in [7, 11) is 0. The van der Waals surface area contributed by atoms with Crippen molar-refractivity contribution in [2.45, 2.75) is 38.0 Å². The Morgan fingerprint density at radius 3 is 2.39 bits per heavy atom. The molecule has 0 unspecified atom stereocenters. The molecule has 1 aliphatic carbocycles. The number of carbonyl (C=O) groups is 1. The highest BCUT2D eigenvalue weighted by Crippen LogP contribution is 2.45. The molecule has 18 heavy (non-hydrogen) atoms. The van der Waals surface area contributed by atoms with E-state index in [9.17, 15) is 18.7 Å². The highest BCUT2D eigenvalue weighted by Gasteiger charge is 2.47. The summed E-state index contributed by atoms with van der Waals surface area (Å²) >= 11 is 5.70. The van der Waals surface area contributed by atoms with Crippen LogP contribution in [0.2, 0.25) is 5.02 Å². The van der Waals surface area contributed by atoms with E-state index in [0.29, 0.717) is 12.8 Å². The predicted octanol–water partition coefficient (Wildman–Crippen LogP) is 3.82. The second-order valence-electron chi connectivity index (χ2n) is 4.77. The van der Waals surface area contributed by atoms with Crippen LogP contribution in [0.1, 0.15) is 36.8 Å². The van der Waals surface area contributed by atoms with Crippen LogP contribution in [0, 0.1) is 18.6 Å². The molecule has 1 fully saturated rings. The summed E-state index contributed by atoms with van der Waals surface area (Å²) in [5, 5.41) is 9.15. The van der Waals surface area contributed by atoms with Gasteiger partial charge in [-0.2, -0.15) is 0 Å². The molecule has 1 N–H and O–H groups in total. The van der Waals surface area contributed by atoms with E-state index in [2.05, 4.69) is 0 Å². The Kier molecular flexibility index (Phi) is 3.32.